The molecule has 0 bridgehead atoms. The van der Waals surface area contributed by atoms with Crippen molar-refractivity contribution < 1.29 is 19.4 Å². The number of aromatic nitrogens is 2. The maximum atomic E-state index is 12.9. The summed E-state index contributed by atoms with van der Waals surface area (Å²) >= 11 is 6.30. The summed E-state index contributed by atoms with van der Waals surface area (Å²) in [5.41, 5.74) is 10.3. The Bertz CT molecular complexity index is 1510. The lowest BCUT2D eigenvalue weighted by Gasteiger charge is -2.21. The minimum atomic E-state index is -0.690. The van der Waals surface area contributed by atoms with Gasteiger partial charge in [-0.15, -0.1) is 0 Å². The number of pyridine rings is 1. The van der Waals surface area contributed by atoms with Crippen molar-refractivity contribution in [2.45, 2.75) is 58.4 Å². The summed E-state index contributed by atoms with van der Waals surface area (Å²) < 4.78 is 7.53. The second-order valence-corrected chi connectivity index (χ2v) is 10.8. The molecule has 41 heavy (non-hydrogen) atoms. The summed E-state index contributed by atoms with van der Waals surface area (Å²) in [6.45, 7) is 7.31. The van der Waals surface area contributed by atoms with Crippen molar-refractivity contribution in [2.75, 3.05) is 6.54 Å². The number of nitrogens with one attached hydrogen (secondary N) is 2. The molecule has 2 heterocycles. The van der Waals surface area contributed by atoms with Crippen LogP contribution in [0.15, 0.2) is 67.0 Å². The number of rotatable bonds is 11. The van der Waals surface area contributed by atoms with Crippen molar-refractivity contribution in [3.63, 3.8) is 0 Å². The van der Waals surface area contributed by atoms with E-state index >= 15 is 0 Å². The molecule has 10 heteroatoms. The van der Waals surface area contributed by atoms with Gasteiger partial charge < -0.3 is 30.6 Å². The van der Waals surface area contributed by atoms with E-state index in [0.29, 0.717) is 28.4 Å². The Morgan fingerprint density at radius 1 is 1.10 bits per heavy atom. The molecule has 0 saturated heterocycles. The van der Waals surface area contributed by atoms with Crippen molar-refractivity contribution in [2.24, 2.45) is 5.73 Å². The third kappa shape index (κ3) is 7.64. The fourth-order valence-electron chi connectivity index (χ4n) is 4.41. The molecule has 0 radical (unpaired) electrons. The monoisotopic (exact) mass is 577 g/mol. The molecule has 3 atom stereocenters. The molecule has 2 aromatic carbocycles. The smallest absolute Gasteiger partial charge is 0.251 e. The first-order chi connectivity index (χ1) is 19.5. The van der Waals surface area contributed by atoms with Gasteiger partial charge in [-0.1, -0.05) is 41.9 Å². The van der Waals surface area contributed by atoms with E-state index in [1.165, 1.54) is 0 Å². The standard InChI is InChI=1S/C31H36ClN5O4/c1-18(2)41-28-12-11-23(15-26(28)32)31(40)34-16-24(35-30(39)19(3)33)14-21-7-9-22(10-8-21)27-17-37-13-5-6-25(20(4)38)29(37)36-27/h5-13,15,17-20,24,38H,14,16,33H2,1-4H3,(H,34,40)(H,35,39)/t19-,20+,24?/m1/s1. The van der Waals surface area contributed by atoms with Crippen LogP contribution in [0.2, 0.25) is 5.02 Å². The van der Waals surface area contributed by atoms with Gasteiger partial charge in [0.15, 0.2) is 0 Å². The molecule has 0 spiro atoms. The largest absolute Gasteiger partial charge is 0.489 e. The number of hydrogen-bond donors (Lipinski definition) is 4. The highest BCUT2D eigenvalue weighted by Gasteiger charge is 2.18. The van der Waals surface area contributed by atoms with E-state index in [-0.39, 0.29) is 24.5 Å². The topological polar surface area (TPSA) is 131 Å². The molecule has 216 valence electrons. The molecule has 0 aliphatic carbocycles. The summed E-state index contributed by atoms with van der Waals surface area (Å²) in [7, 11) is 0. The van der Waals surface area contributed by atoms with E-state index in [1.807, 2.05) is 67.0 Å². The first kappa shape index (κ1) is 30.0. The Balaban J connectivity index is 1.46. The lowest BCUT2D eigenvalue weighted by Crippen LogP contribution is -2.49. The van der Waals surface area contributed by atoms with E-state index in [4.69, 9.17) is 27.1 Å². The Hall–Kier alpha value is -3.92. The van der Waals surface area contributed by atoms with Crippen molar-refractivity contribution >= 4 is 29.1 Å². The van der Waals surface area contributed by atoms with Crippen LogP contribution in [0.3, 0.4) is 0 Å². The molecule has 4 aromatic rings. The van der Waals surface area contributed by atoms with Crippen molar-refractivity contribution in [3.05, 3.63) is 88.7 Å². The second kappa shape index (κ2) is 13.2. The number of carbonyl (C=O) groups excluding carboxylic acids is 2. The maximum absolute atomic E-state index is 12.9. The van der Waals surface area contributed by atoms with Gasteiger partial charge in [0, 0.05) is 35.6 Å². The van der Waals surface area contributed by atoms with E-state index in [1.54, 1.807) is 32.0 Å². The Labute approximate surface area is 244 Å². The van der Waals surface area contributed by atoms with E-state index in [0.717, 1.165) is 22.4 Å². The molecule has 0 fully saturated rings. The van der Waals surface area contributed by atoms with Gasteiger partial charge in [0.05, 0.1) is 35.0 Å². The molecular formula is C31H36ClN5O4. The summed E-state index contributed by atoms with van der Waals surface area (Å²) in [4.78, 5) is 30.0. The highest BCUT2D eigenvalue weighted by molar-refractivity contribution is 6.32. The predicted octanol–water partition coefficient (Wildman–Crippen LogP) is 4.30. The van der Waals surface area contributed by atoms with E-state index in [2.05, 4.69) is 10.6 Å². The van der Waals surface area contributed by atoms with Crippen LogP contribution in [0, 0.1) is 0 Å². The van der Waals surface area contributed by atoms with Crippen molar-refractivity contribution in [3.8, 4) is 17.0 Å². The molecule has 2 aromatic heterocycles. The van der Waals surface area contributed by atoms with Gasteiger partial charge in [-0.2, -0.15) is 0 Å². The molecule has 5 N–H and O–H groups in total. The van der Waals surface area contributed by atoms with Crippen molar-refractivity contribution in [1.29, 1.82) is 0 Å². The van der Waals surface area contributed by atoms with Gasteiger partial charge in [0.25, 0.3) is 5.91 Å². The van der Waals surface area contributed by atoms with Gasteiger partial charge in [0.1, 0.15) is 11.4 Å². The molecule has 0 saturated carbocycles. The zero-order valence-electron chi connectivity index (χ0n) is 23.6. The summed E-state index contributed by atoms with van der Waals surface area (Å²) in [6.07, 6.45) is 3.62. The molecular weight excluding hydrogens is 542 g/mol. The van der Waals surface area contributed by atoms with Crippen LogP contribution in [-0.4, -0.2) is 51.0 Å². The normalized spacial score (nSPS) is 13.6. The van der Waals surface area contributed by atoms with Crippen LogP contribution in [0.25, 0.3) is 16.9 Å². The van der Waals surface area contributed by atoms with Gasteiger partial charge in [-0.05, 0) is 63.9 Å². The van der Waals surface area contributed by atoms with Gasteiger partial charge >= 0.3 is 0 Å². The molecule has 0 aliphatic rings. The lowest BCUT2D eigenvalue weighted by molar-refractivity contribution is -0.122. The van der Waals surface area contributed by atoms with Crippen molar-refractivity contribution in [1.82, 2.24) is 20.0 Å². The molecule has 0 aliphatic heterocycles. The second-order valence-electron chi connectivity index (χ2n) is 10.4. The number of nitrogens with zero attached hydrogens (tertiary/aromatic N) is 2. The van der Waals surface area contributed by atoms with Gasteiger partial charge in [-0.25, -0.2) is 4.98 Å². The number of imidazole rings is 1. The van der Waals surface area contributed by atoms with Crippen LogP contribution < -0.4 is 21.1 Å². The molecule has 4 rings (SSSR count). The average Bonchev–Trinajstić information content (AvgIpc) is 3.37. The van der Waals surface area contributed by atoms with Gasteiger partial charge in [0.2, 0.25) is 5.91 Å². The van der Waals surface area contributed by atoms with Crippen LogP contribution in [0.4, 0.5) is 0 Å². The Kier molecular flexibility index (Phi) is 9.65. The van der Waals surface area contributed by atoms with E-state index < -0.39 is 18.2 Å². The fourth-order valence-corrected chi connectivity index (χ4v) is 4.64. The zero-order valence-corrected chi connectivity index (χ0v) is 24.4. The highest BCUT2D eigenvalue weighted by Crippen LogP contribution is 2.27. The molecule has 1 unspecified atom stereocenters. The summed E-state index contributed by atoms with van der Waals surface area (Å²) in [5, 5.41) is 16.3. The lowest BCUT2D eigenvalue weighted by atomic mass is 10.0. The number of ether oxygens (including phenoxy) is 1. The number of aliphatic hydroxyl groups is 1. The minimum absolute atomic E-state index is 0.0436. The Morgan fingerprint density at radius 3 is 2.46 bits per heavy atom. The quantitative estimate of drug-likeness (QED) is 0.210. The Morgan fingerprint density at radius 2 is 1.83 bits per heavy atom. The highest BCUT2D eigenvalue weighted by atomic mass is 35.5. The molecule has 9 nitrogen and oxygen atoms in total. The van der Waals surface area contributed by atoms with Crippen LogP contribution >= 0.6 is 11.6 Å². The average molecular weight is 578 g/mol. The van der Waals surface area contributed by atoms with Crippen LogP contribution in [0.5, 0.6) is 5.75 Å². The number of hydrogen-bond acceptors (Lipinski definition) is 6. The fraction of sp³-hybridized carbons (Fsp3) is 0.323. The first-order valence-corrected chi connectivity index (χ1v) is 13.9. The minimum Gasteiger partial charge on any atom is -0.489 e. The van der Waals surface area contributed by atoms with Crippen LogP contribution in [-0.2, 0) is 11.2 Å². The third-order valence-electron chi connectivity index (χ3n) is 6.52. The summed E-state index contributed by atoms with van der Waals surface area (Å²) in [6, 6.07) is 15.4. The number of fused-ring (bicyclic) bond motifs is 1. The number of halogens is 1. The zero-order chi connectivity index (χ0) is 29.7. The number of benzene rings is 2. The number of aliphatic hydroxyl groups excluding tert-OH is 1. The number of nitrogens with two attached hydrogens (primary N) is 1. The first-order valence-electron chi connectivity index (χ1n) is 13.6. The third-order valence-corrected chi connectivity index (χ3v) is 6.82. The number of amides is 2. The predicted molar refractivity (Wildman–Crippen MR) is 160 cm³/mol. The van der Waals surface area contributed by atoms with E-state index in [9.17, 15) is 14.7 Å². The van der Waals surface area contributed by atoms with Gasteiger partial charge in [-0.3, -0.25) is 9.59 Å². The maximum Gasteiger partial charge on any atom is 0.251 e. The summed E-state index contributed by atoms with van der Waals surface area (Å²) in [5.74, 6) is -0.115. The SMILES string of the molecule is CC(C)Oc1ccc(C(=O)NCC(Cc2ccc(-c3cn4cccc([C@H](C)O)c4n3)cc2)NC(=O)[C@@H](C)N)cc1Cl. The number of carbonyl (C=O) groups is 2. The molecule has 2 amide bonds. The van der Waals surface area contributed by atoms with Crippen LogP contribution in [0.1, 0.15) is 55.3 Å².